The minimum atomic E-state index is -0.268. The van der Waals surface area contributed by atoms with E-state index in [-0.39, 0.29) is 11.8 Å². The summed E-state index contributed by atoms with van der Waals surface area (Å²) in [5.74, 6) is 0.785. The predicted octanol–water partition coefficient (Wildman–Crippen LogP) is 4.01. The van der Waals surface area contributed by atoms with Crippen molar-refractivity contribution in [2.75, 3.05) is 23.3 Å². The zero-order chi connectivity index (χ0) is 20.4. The Morgan fingerprint density at radius 2 is 1.90 bits per heavy atom. The van der Waals surface area contributed by atoms with E-state index in [1.54, 1.807) is 23.0 Å². The fraction of sp³-hybridized carbons (Fsp3) is 0.400. The van der Waals surface area contributed by atoms with Gasteiger partial charge in [0.25, 0.3) is 5.91 Å². The number of piperidine rings is 1. The Labute approximate surface area is 174 Å². The zero-order valence-electron chi connectivity index (χ0n) is 16.5. The molecule has 0 atom stereocenters. The Morgan fingerprint density at radius 3 is 2.59 bits per heavy atom. The van der Waals surface area contributed by atoms with E-state index < -0.39 is 0 Å². The molecular weight excluding hydrogens is 390 g/mol. The summed E-state index contributed by atoms with van der Waals surface area (Å²) >= 11 is 5.99. The molecule has 1 aliphatic rings. The van der Waals surface area contributed by atoms with Gasteiger partial charge >= 0.3 is 0 Å². The van der Waals surface area contributed by atoms with Crippen molar-refractivity contribution in [3.63, 3.8) is 0 Å². The molecule has 29 heavy (non-hydrogen) atoms. The first kappa shape index (κ1) is 19.4. The normalized spacial score (nSPS) is 14.4. The standard InChI is InChI=1S/C20H24ClN7O/c1-13(2)17-16(12-22-28(17)15-8-6-14(21)7-9-15)18(29)23-19-24-20(26-25-19)27-10-4-3-5-11-27/h6-9,12-13H,3-5,10-11H2,1-2H3,(H2,23,24,25,26,29). The maximum absolute atomic E-state index is 12.9. The number of nitrogens with zero attached hydrogens (tertiary/aromatic N) is 5. The van der Waals surface area contributed by atoms with Crippen molar-refractivity contribution >= 4 is 29.4 Å². The number of halogens is 1. The van der Waals surface area contributed by atoms with Gasteiger partial charge < -0.3 is 4.90 Å². The summed E-state index contributed by atoms with van der Waals surface area (Å²) in [5, 5.41) is 15.0. The number of aromatic nitrogens is 5. The number of hydrogen-bond acceptors (Lipinski definition) is 5. The van der Waals surface area contributed by atoms with Crippen LogP contribution < -0.4 is 10.2 Å². The van der Waals surface area contributed by atoms with Crippen LogP contribution in [-0.2, 0) is 0 Å². The van der Waals surface area contributed by atoms with E-state index in [2.05, 4.69) is 30.5 Å². The molecule has 9 heteroatoms. The van der Waals surface area contributed by atoms with Crippen molar-refractivity contribution in [2.24, 2.45) is 0 Å². The van der Waals surface area contributed by atoms with Gasteiger partial charge in [0.2, 0.25) is 11.9 Å². The Balaban J connectivity index is 1.56. The lowest BCUT2D eigenvalue weighted by Gasteiger charge is -2.24. The van der Waals surface area contributed by atoms with Crippen LogP contribution in [0.25, 0.3) is 5.69 Å². The fourth-order valence-electron chi connectivity index (χ4n) is 3.60. The third-order valence-electron chi connectivity index (χ3n) is 5.01. The van der Waals surface area contributed by atoms with Gasteiger partial charge in [-0.3, -0.25) is 10.1 Å². The van der Waals surface area contributed by atoms with Crippen molar-refractivity contribution in [1.82, 2.24) is 25.0 Å². The van der Waals surface area contributed by atoms with E-state index in [9.17, 15) is 4.79 Å². The minimum Gasteiger partial charge on any atom is -0.340 e. The third-order valence-corrected chi connectivity index (χ3v) is 5.27. The van der Waals surface area contributed by atoms with Gasteiger partial charge in [-0.15, -0.1) is 5.10 Å². The Bertz CT molecular complexity index is 987. The Morgan fingerprint density at radius 1 is 1.17 bits per heavy atom. The highest BCUT2D eigenvalue weighted by molar-refractivity contribution is 6.30. The Hall–Kier alpha value is -2.87. The largest absolute Gasteiger partial charge is 0.340 e. The molecule has 0 saturated carbocycles. The molecular formula is C20H24ClN7O. The molecule has 1 saturated heterocycles. The molecule has 0 bridgehead atoms. The van der Waals surface area contributed by atoms with Crippen LogP contribution in [0.1, 0.15) is 55.1 Å². The highest BCUT2D eigenvalue weighted by Crippen LogP contribution is 2.25. The average molecular weight is 414 g/mol. The molecule has 8 nitrogen and oxygen atoms in total. The number of carbonyl (C=O) groups excluding carboxylic acids is 1. The van der Waals surface area contributed by atoms with Crippen LogP contribution in [0, 0.1) is 0 Å². The van der Waals surface area contributed by atoms with Gasteiger partial charge in [-0.05, 0) is 49.4 Å². The smallest absolute Gasteiger partial charge is 0.261 e. The second kappa shape index (κ2) is 8.24. The summed E-state index contributed by atoms with van der Waals surface area (Å²) in [5.41, 5.74) is 2.18. The van der Waals surface area contributed by atoms with E-state index in [0.29, 0.717) is 22.5 Å². The van der Waals surface area contributed by atoms with E-state index in [0.717, 1.165) is 37.3 Å². The van der Waals surface area contributed by atoms with Crippen LogP contribution in [-0.4, -0.2) is 44.0 Å². The number of H-pyrrole nitrogens is 1. The number of rotatable bonds is 5. The molecule has 0 spiro atoms. The third kappa shape index (κ3) is 4.12. The van der Waals surface area contributed by atoms with Crippen LogP contribution in [0.15, 0.2) is 30.5 Å². The van der Waals surface area contributed by atoms with Crippen LogP contribution in [0.3, 0.4) is 0 Å². The summed E-state index contributed by atoms with van der Waals surface area (Å²) in [6.07, 6.45) is 5.09. The molecule has 3 heterocycles. The summed E-state index contributed by atoms with van der Waals surface area (Å²) in [4.78, 5) is 19.5. The number of carbonyl (C=O) groups is 1. The summed E-state index contributed by atoms with van der Waals surface area (Å²) in [6, 6.07) is 7.37. The molecule has 0 radical (unpaired) electrons. The maximum Gasteiger partial charge on any atom is 0.261 e. The van der Waals surface area contributed by atoms with Gasteiger partial charge in [-0.25, -0.2) is 9.78 Å². The number of hydrogen-bond donors (Lipinski definition) is 2. The molecule has 0 unspecified atom stereocenters. The number of nitrogens with one attached hydrogen (secondary N) is 2. The highest BCUT2D eigenvalue weighted by atomic mass is 35.5. The van der Waals surface area contributed by atoms with Crippen molar-refractivity contribution in [2.45, 2.75) is 39.0 Å². The maximum atomic E-state index is 12.9. The predicted molar refractivity (Wildman–Crippen MR) is 113 cm³/mol. The molecule has 2 aromatic heterocycles. The van der Waals surface area contributed by atoms with Gasteiger partial charge in [0, 0.05) is 18.1 Å². The number of amides is 1. The van der Waals surface area contributed by atoms with Crippen molar-refractivity contribution < 1.29 is 4.79 Å². The number of aromatic amines is 1. The topological polar surface area (TPSA) is 91.7 Å². The first-order chi connectivity index (χ1) is 14.0. The van der Waals surface area contributed by atoms with Crippen molar-refractivity contribution in [1.29, 1.82) is 0 Å². The minimum absolute atomic E-state index is 0.0903. The highest BCUT2D eigenvalue weighted by Gasteiger charge is 2.22. The first-order valence-corrected chi connectivity index (χ1v) is 10.2. The van der Waals surface area contributed by atoms with Gasteiger partial charge in [-0.1, -0.05) is 25.4 Å². The monoisotopic (exact) mass is 413 g/mol. The van der Waals surface area contributed by atoms with E-state index in [4.69, 9.17) is 11.6 Å². The van der Waals surface area contributed by atoms with Gasteiger partial charge in [0.05, 0.1) is 23.1 Å². The molecule has 1 aromatic carbocycles. The van der Waals surface area contributed by atoms with Gasteiger partial charge in [0.1, 0.15) is 0 Å². The molecule has 1 amide bonds. The SMILES string of the molecule is CC(C)c1c(C(=O)Nc2nc(N3CCCCC3)n[nH]2)cnn1-c1ccc(Cl)cc1. The molecule has 4 rings (SSSR count). The van der Waals surface area contributed by atoms with Gasteiger partial charge in [-0.2, -0.15) is 10.1 Å². The summed E-state index contributed by atoms with van der Waals surface area (Å²) in [6.45, 7) is 5.94. The lowest BCUT2D eigenvalue weighted by atomic mass is 10.1. The fourth-order valence-corrected chi connectivity index (χ4v) is 3.72. The number of anilines is 2. The number of benzene rings is 1. The van der Waals surface area contributed by atoms with E-state index in [1.165, 1.54) is 6.42 Å². The van der Waals surface area contributed by atoms with Crippen LogP contribution in [0.2, 0.25) is 5.02 Å². The molecule has 3 aromatic rings. The average Bonchev–Trinajstić information content (AvgIpc) is 3.36. The lowest BCUT2D eigenvalue weighted by Crippen LogP contribution is -2.30. The molecule has 1 aliphatic heterocycles. The van der Waals surface area contributed by atoms with Crippen molar-refractivity contribution in [3.05, 3.63) is 46.7 Å². The Kier molecular flexibility index (Phi) is 5.53. The molecule has 2 N–H and O–H groups in total. The second-order valence-electron chi connectivity index (χ2n) is 7.47. The first-order valence-electron chi connectivity index (χ1n) is 9.85. The van der Waals surface area contributed by atoms with E-state index >= 15 is 0 Å². The molecule has 0 aliphatic carbocycles. The summed E-state index contributed by atoms with van der Waals surface area (Å²) in [7, 11) is 0. The zero-order valence-corrected chi connectivity index (χ0v) is 17.3. The van der Waals surface area contributed by atoms with Gasteiger partial charge in [0.15, 0.2) is 0 Å². The summed E-state index contributed by atoms with van der Waals surface area (Å²) < 4.78 is 1.77. The molecule has 1 fully saturated rings. The lowest BCUT2D eigenvalue weighted by molar-refractivity contribution is 0.102. The quantitative estimate of drug-likeness (QED) is 0.659. The van der Waals surface area contributed by atoms with Crippen LogP contribution >= 0.6 is 11.6 Å². The molecule has 152 valence electrons. The second-order valence-corrected chi connectivity index (χ2v) is 7.91. The van der Waals surface area contributed by atoms with E-state index in [1.807, 2.05) is 26.0 Å². The van der Waals surface area contributed by atoms with Crippen LogP contribution in [0.4, 0.5) is 11.9 Å². The van der Waals surface area contributed by atoms with Crippen molar-refractivity contribution in [3.8, 4) is 5.69 Å². The van der Waals surface area contributed by atoms with Crippen LogP contribution in [0.5, 0.6) is 0 Å².